The van der Waals surface area contributed by atoms with Gasteiger partial charge in [-0.3, -0.25) is 0 Å². The third-order valence-electron chi connectivity index (χ3n) is 0.450. The van der Waals surface area contributed by atoms with E-state index < -0.39 is 0 Å². The van der Waals surface area contributed by atoms with Crippen molar-refractivity contribution >= 4 is 0 Å². The summed E-state index contributed by atoms with van der Waals surface area (Å²) in [5, 5.41) is 0. The molecule has 0 N–H and O–H groups in total. The van der Waals surface area contributed by atoms with Gasteiger partial charge in [0.25, 0.3) is 0 Å². The zero-order chi connectivity index (χ0) is 5.54. The van der Waals surface area contributed by atoms with E-state index in [1.165, 1.54) is 0 Å². The topological polar surface area (TPSA) is 0 Å². The molecule has 0 aromatic heterocycles. The Morgan fingerprint density at radius 2 is 2.14 bits per heavy atom. The predicted octanol–water partition coefficient (Wildman–Crippen LogP) is 1.20. The van der Waals surface area contributed by atoms with Gasteiger partial charge in [-0.25, -0.2) is 0 Å². The van der Waals surface area contributed by atoms with Gasteiger partial charge >= 0.3 is 0 Å². The fourth-order valence-corrected chi connectivity index (χ4v) is 0.195. The molecular weight excluding hydrogens is 84.1 g/mol. The lowest BCUT2D eigenvalue weighted by atomic mass is 10.4. The van der Waals surface area contributed by atoms with Crippen molar-refractivity contribution in [2.45, 2.75) is 6.42 Å². The molecule has 0 aliphatic carbocycles. The summed E-state index contributed by atoms with van der Waals surface area (Å²) < 4.78 is 0. The molecule has 0 fully saturated rings. The maximum Gasteiger partial charge on any atom is 0.0276 e. The zero-order valence-electron chi connectivity index (χ0n) is 4.02. The Balaban J connectivity index is 3.19. The molecule has 0 aromatic rings. The highest BCUT2D eigenvalue weighted by Crippen LogP contribution is 1.74. The molecule has 0 radical (unpaired) electrons. The van der Waals surface area contributed by atoms with Gasteiger partial charge < -0.3 is 0 Å². The van der Waals surface area contributed by atoms with E-state index in [0.29, 0.717) is 6.42 Å². The Kier molecular flexibility index (Phi) is 4.07. The molecule has 0 saturated carbocycles. The number of rotatable bonds is 1. The maximum atomic E-state index is 4.90. The van der Waals surface area contributed by atoms with Crippen LogP contribution in [0.1, 0.15) is 6.42 Å². The van der Waals surface area contributed by atoms with Crippen LogP contribution in [-0.4, -0.2) is 0 Å². The van der Waals surface area contributed by atoms with E-state index in [1.54, 1.807) is 12.2 Å². The van der Waals surface area contributed by atoms with Crippen LogP contribution in [0.2, 0.25) is 0 Å². The third kappa shape index (κ3) is 4.86. The minimum atomic E-state index is 0.629. The quantitative estimate of drug-likeness (QED) is 0.424. The second kappa shape index (κ2) is 4.86. The highest BCUT2D eigenvalue weighted by Gasteiger charge is 1.59. The molecule has 0 nitrogen and oxygen atoms in total. The van der Waals surface area contributed by atoms with Crippen LogP contribution in [0.25, 0.3) is 0 Å². The first-order chi connectivity index (χ1) is 3.41. The SMILES string of the molecule is C#CC=CCC#C. The average molecular weight is 90.1 g/mol. The van der Waals surface area contributed by atoms with Crippen molar-refractivity contribution < 1.29 is 0 Å². The molecule has 0 unspecified atom stereocenters. The normalized spacial score (nSPS) is 7.71. The van der Waals surface area contributed by atoms with Crippen LogP contribution in [0, 0.1) is 24.7 Å². The lowest BCUT2D eigenvalue weighted by Gasteiger charge is -1.66. The van der Waals surface area contributed by atoms with Crippen LogP contribution in [0.3, 0.4) is 0 Å². The van der Waals surface area contributed by atoms with Crippen LogP contribution in [0.4, 0.5) is 0 Å². The molecule has 0 heterocycles. The van der Waals surface area contributed by atoms with Crippen molar-refractivity contribution in [3.8, 4) is 24.7 Å². The molecule has 0 aromatic carbocycles. The van der Waals surface area contributed by atoms with Gasteiger partial charge in [0.2, 0.25) is 0 Å². The van der Waals surface area contributed by atoms with Crippen LogP contribution >= 0.6 is 0 Å². The van der Waals surface area contributed by atoms with Gasteiger partial charge in [0, 0.05) is 6.42 Å². The molecule has 0 amide bonds. The maximum absolute atomic E-state index is 4.90. The molecule has 0 rings (SSSR count). The zero-order valence-corrected chi connectivity index (χ0v) is 4.02. The lowest BCUT2D eigenvalue weighted by molar-refractivity contribution is 1.48. The largest absolute Gasteiger partial charge is 0.120 e. The number of hydrogen-bond acceptors (Lipinski definition) is 0. The Morgan fingerprint density at radius 3 is 2.57 bits per heavy atom. The van der Waals surface area contributed by atoms with Gasteiger partial charge in [0.15, 0.2) is 0 Å². The van der Waals surface area contributed by atoms with Crippen LogP contribution in [-0.2, 0) is 0 Å². The Bertz CT molecular complexity index is 127. The molecule has 0 atom stereocenters. The Labute approximate surface area is 44.2 Å². The van der Waals surface area contributed by atoms with E-state index >= 15 is 0 Å². The van der Waals surface area contributed by atoms with E-state index in [9.17, 15) is 0 Å². The summed E-state index contributed by atoms with van der Waals surface area (Å²) in [6.45, 7) is 0. The Hall–Kier alpha value is -1.14. The smallest absolute Gasteiger partial charge is 0.0276 e. The van der Waals surface area contributed by atoms with Crippen LogP contribution in [0.15, 0.2) is 12.2 Å². The summed E-state index contributed by atoms with van der Waals surface area (Å²) in [6, 6.07) is 0. The predicted molar refractivity (Wildman–Crippen MR) is 31.4 cm³/mol. The fraction of sp³-hybridized carbons (Fsp3) is 0.143. The molecule has 0 spiro atoms. The van der Waals surface area contributed by atoms with Gasteiger partial charge in [-0.15, -0.1) is 18.8 Å². The average Bonchev–Trinajstić information content (AvgIpc) is 1.69. The van der Waals surface area contributed by atoms with Gasteiger partial charge in [-0.05, 0) is 6.08 Å². The van der Waals surface area contributed by atoms with Gasteiger partial charge in [0.05, 0.1) is 0 Å². The van der Waals surface area contributed by atoms with Gasteiger partial charge in [0.1, 0.15) is 0 Å². The summed E-state index contributed by atoms with van der Waals surface area (Å²) >= 11 is 0. The summed E-state index contributed by atoms with van der Waals surface area (Å²) in [5.74, 6) is 4.75. The van der Waals surface area contributed by atoms with Crippen molar-refractivity contribution in [2.75, 3.05) is 0 Å². The summed E-state index contributed by atoms with van der Waals surface area (Å²) in [5.41, 5.74) is 0. The monoisotopic (exact) mass is 90.0 g/mol. The summed E-state index contributed by atoms with van der Waals surface area (Å²) in [4.78, 5) is 0. The summed E-state index contributed by atoms with van der Waals surface area (Å²) in [7, 11) is 0. The molecular formula is C7H6. The van der Waals surface area contributed by atoms with E-state index in [1.807, 2.05) is 0 Å². The molecule has 0 bridgehead atoms. The van der Waals surface area contributed by atoms with Crippen molar-refractivity contribution in [3.63, 3.8) is 0 Å². The molecule has 34 valence electrons. The third-order valence-corrected chi connectivity index (χ3v) is 0.450. The first kappa shape index (κ1) is 5.86. The van der Waals surface area contributed by atoms with Crippen LogP contribution < -0.4 is 0 Å². The van der Waals surface area contributed by atoms with Crippen molar-refractivity contribution in [2.24, 2.45) is 0 Å². The fourth-order valence-electron chi connectivity index (χ4n) is 0.195. The van der Waals surface area contributed by atoms with Gasteiger partial charge in [-0.2, -0.15) is 0 Å². The molecule has 0 aliphatic rings. The first-order valence-corrected chi connectivity index (χ1v) is 1.96. The van der Waals surface area contributed by atoms with Crippen molar-refractivity contribution in [1.29, 1.82) is 0 Å². The van der Waals surface area contributed by atoms with Crippen molar-refractivity contribution in [1.82, 2.24) is 0 Å². The molecule has 0 saturated heterocycles. The van der Waals surface area contributed by atoms with E-state index in [0.717, 1.165) is 0 Å². The second-order valence-electron chi connectivity index (χ2n) is 0.977. The number of hydrogen-bond donors (Lipinski definition) is 0. The molecule has 0 aliphatic heterocycles. The van der Waals surface area contributed by atoms with Crippen LogP contribution in [0.5, 0.6) is 0 Å². The van der Waals surface area contributed by atoms with E-state index in [2.05, 4.69) is 11.8 Å². The molecule has 0 heteroatoms. The molecule has 7 heavy (non-hydrogen) atoms. The Morgan fingerprint density at radius 1 is 1.43 bits per heavy atom. The second-order valence-corrected chi connectivity index (χ2v) is 0.977. The lowest BCUT2D eigenvalue weighted by Crippen LogP contribution is -1.52. The highest BCUT2D eigenvalue weighted by molar-refractivity contribution is 5.11. The minimum absolute atomic E-state index is 0.629. The highest BCUT2D eigenvalue weighted by atomic mass is 13.6. The standard InChI is InChI=1S/C7H6/c1-3-5-7-6-4-2/h1-2,5,7H,6H2. The van der Waals surface area contributed by atoms with E-state index in [-0.39, 0.29) is 0 Å². The van der Waals surface area contributed by atoms with Crippen molar-refractivity contribution in [3.05, 3.63) is 12.2 Å². The number of allylic oxidation sites excluding steroid dienone is 2. The minimum Gasteiger partial charge on any atom is -0.120 e. The van der Waals surface area contributed by atoms with E-state index in [4.69, 9.17) is 12.8 Å². The number of terminal acetylenes is 2. The first-order valence-electron chi connectivity index (χ1n) is 1.96. The van der Waals surface area contributed by atoms with Gasteiger partial charge in [-0.1, -0.05) is 12.0 Å². The summed E-state index contributed by atoms with van der Waals surface area (Å²) in [6.07, 6.45) is 13.8.